The maximum Gasteiger partial charge on any atom is 0.255 e. The standard InChI is InChI=1S/C18H23N5O3/c1-13-9-14(3-4-16(13)22-5-7-26-8-6-22)18(25)21-15-10-20-23(11-15)12-17(24)19-2/h3-4,9-11H,5-8,12H2,1-2H3,(H,19,24)(H,21,25). The predicted molar refractivity (Wildman–Crippen MR) is 98.5 cm³/mol. The van der Waals surface area contributed by atoms with E-state index in [0.717, 1.165) is 37.6 Å². The second kappa shape index (κ2) is 8.01. The molecule has 1 fully saturated rings. The summed E-state index contributed by atoms with van der Waals surface area (Å²) in [5.74, 6) is -0.360. The van der Waals surface area contributed by atoms with Crippen molar-refractivity contribution in [2.75, 3.05) is 43.6 Å². The quantitative estimate of drug-likeness (QED) is 0.834. The fourth-order valence-corrected chi connectivity index (χ4v) is 2.90. The van der Waals surface area contributed by atoms with Crippen LogP contribution in [0.15, 0.2) is 30.6 Å². The van der Waals surface area contributed by atoms with Gasteiger partial charge in [0.05, 0.1) is 25.1 Å². The number of carbonyl (C=O) groups excluding carboxylic acids is 2. The highest BCUT2D eigenvalue weighted by molar-refractivity contribution is 6.04. The molecule has 8 nitrogen and oxygen atoms in total. The second-order valence-electron chi connectivity index (χ2n) is 6.15. The molecule has 0 aliphatic carbocycles. The summed E-state index contributed by atoms with van der Waals surface area (Å²) < 4.78 is 6.86. The summed E-state index contributed by atoms with van der Waals surface area (Å²) in [5, 5.41) is 9.40. The lowest BCUT2D eigenvalue weighted by atomic mass is 10.1. The average Bonchev–Trinajstić information content (AvgIpc) is 3.08. The molecule has 2 N–H and O–H groups in total. The highest BCUT2D eigenvalue weighted by Gasteiger charge is 2.15. The highest BCUT2D eigenvalue weighted by atomic mass is 16.5. The molecule has 0 radical (unpaired) electrons. The summed E-state index contributed by atoms with van der Waals surface area (Å²) >= 11 is 0. The van der Waals surface area contributed by atoms with Gasteiger partial charge in [-0.1, -0.05) is 0 Å². The van der Waals surface area contributed by atoms with E-state index < -0.39 is 0 Å². The molecule has 26 heavy (non-hydrogen) atoms. The third-order valence-electron chi connectivity index (χ3n) is 4.29. The Bertz CT molecular complexity index is 796. The van der Waals surface area contributed by atoms with E-state index in [2.05, 4.69) is 20.6 Å². The Morgan fingerprint density at radius 1 is 1.27 bits per heavy atom. The van der Waals surface area contributed by atoms with Gasteiger partial charge in [-0.25, -0.2) is 0 Å². The Kier molecular flexibility index (Phi) is 5.52. The summed E-state index contributed by atoms with van der Waals surface area (Å²) in [6.07, 6.45) is 3.15. The Balaban J connectivity index is 1.66. The van der Waals surface area contributed by atoms with Crippen molar-refractivity contribution in [1.29, 1.82) is 0 Å². The van der Waals surface area contributed by atoms with E-state index in [4.69, 9.17) is 4.74 Å². The number of nitrogens with one attached hydrogen (secondary N) is 2. The highest BCUT2D eigenvalue weighted by Crippen LogP contribution is 2.22. The van der Waals surface area contributed by atoms with Crippen LogP contribution in [0.1, 0.15) is 15.9 Å². The van der Waals surface area contributed by atoms with Crippen LogP contribution >= 0.6 is 0 Å². The molecule has 0 atom stereocenters. The number of hydrogen-bond donors (Lipinski definition) is 2. The molecule has 1 aromatic heterocycles. The molecule has 1 saturated heterocycles. The molecule has 8 heteroatoms. The molecule has 0 bridgehead atoms. The second-order valence-corrected chi connectivity index (χ2v) is 6.15. The largest absolute Gasteiger partial charge is 0.378 e. The van der Waals surface area contributed by atoms with Gasteiger partial charge < -0.3 is 20.3 Å². The molecule has 1 aromatic carbocycles. The van der Waals surface area contributed by atoms with Crippen LogP contribution in [0.5, 0.6) is 0 Å². The smallest absolute Gasteiger partial charge is 0.255 e. The van der Waals surface area contributed by atoms with Crippen molar-refractivity contribution >= 4 is 23.2 Å². The third-order valence-corrected chi connectivity index (χ3v) is 4.29. The number of ether oxygens (including phenoxy) is 1. The SMILES string of the molecule is CNC(=O)Cn1cc(NC(=O)c2ccc(N3CCOCC3)c(C)c2)cn1. The van der Waals surface area contributed by atoms with E-state index >= 15 is 0 Å². The van der Waals surface area contributed by atoms with E-state index in [1.807, 2.05) is 25.1 Å². The lowest BCUT2D eigenvalue weighted by molar-refractivity contribution is -0.121. The van der Waals surface area contributed by atoms with Crippen molar-refractivity contribution in [2.24, 2.45) is 0 Å². The Hall–Kier alpha value is -2.87. The van der Waals surface area contributed by atoms with Crippen molar-refractivity contribution in [2.45, 2.75) is 13.5 Å². The van der Waals surface area contributed by atoms with Crippen LogP contribution in [-0.4, -0.2) is 54.9 Å². The average molecular weight is 357 g/mol. The van der Waals surface area contributed by atoms with Crippen LogP contribution in [0.2, 0.25) is 0 Å². The fourth-order valence-electron chi connectivity index (χ4n) is 2.90. The van der Waals surface area contributed by atoms with Gasteiger partial charge in [-0.3, -0.25) is 14.3 Å². The Morgan fingerprint density at radius 2 is 2.04 bits per heavy atom. The van der Waals surface area contributed by atoms with E-state index in [0.29, 0.717) is 11.3 Å². The molecule has 138 valence electrons. The van der Waals surface area contributed by atoms with Crippen molar-refractivity contribution in [3.8, 4) is 0 Å². The number of morpholine rings is 1. The van der Waals surface area contributed by atoms with Crippen molar-refractivity contribution in [3.05, 3.63) is 41.7 Å². The minimum absolute atomic E-state index is 0.111. The van der Waals surface area contributed by atoms with E-state index in [-0.39, 0.29) is 18.4 Å². The number of likely N-dealkylation sites (N-methyl/N-ethyl adjacent to an activating group) is 1. The van der Waals surface area contributed by atoms with Crippen LogP contribution in [-0.2, 0) is 16.1 Å². The van der Waals surface area contributed by atoms with Crippen LogP contribution in [0.3, 0.4) is 0 Å². The molecular weight excluding hydrogens is 334 g/mol. The van der Waals surface area contributed by atoms with Gasteiger partial charge in [0.15, 0.2) is 0 Å². The van der Waals surface area contributed by atoms with Crippen LogP contribution < -0.4 is 15.5 Å². The number of hydrogen-bond acceptors (Lipinski definition) is 5. The zero-order valence-corrected chi connectivity index (χ0v) is 15.0. The molecule has 3 rings (SSSR count). The summed E-state index contributed by atoms with van der Waals surface area (Å²) in [7, 11) is 1.57. The minimum atomic E-state index is -0.207. The lowest BCUT2D eigenvalue weighted by Gasteiger charge is -2.30. The van der Waals surface area contributed by atoms with E-state index in [9.17, 15) is 9.59 Å². The topological polar surface area (TPSA) is 88.5 Å². The molecule has 1 aliphatic rings. The first-order valence-corrected chi connectivity index (χ1v) is 8.54. The molecule has 2 heterocycles. The normalized spacial score (nSPS) is 14.2. The maximum absolute atomic E-state index is 12.5. The number of benzene rings is 1. The van der Waals surface area contributed by atoms with Crippen LogP contribution in [0, 0.1) is 6.92 Å². The van der Waals surface area contributed by atoms with Gasteiger partial charge in [-0.2, -0.15) is 5.10 Å². The van der Waals surface area contributed by atoms with Crippen molar-refractivity contribution in [3.63, 3.8) is 0 Å². The number of amides is 2. The molecule has 1 aliphatic heterocycles. The molecular formula is C18H23N5O3. The summed E-state index contributed by atoms with van der Waals surface area (Å²) in [6.45, 7) is 5.28. The van der Waals surface area contributed by atoms with Gasteiger partial charge in [-0.05, 0) is 30.7 Å². The fraction of sp³-hybridized carbons (Fsp3) is 0.389. The number of carbonyl (C=O) groups is 2. The maximum atomic E-state index is 12.5. The molecule has 2 aromatic rings. The molecule has 0 spiro atoms. The minimum Gasteiger partial charge on any atom is -0.378 e. The number of anilines is 2. The first-order valence-electron chi connectivity index (χ1n) is 8.54. The van der Waals surface area contributed by atoms with Crippen molar-refractivity contribution < 1.29 is 14.3 Å². The van der Waals surface area contributed by atoms with Crippen molar-refractivity contribution in [1.82, 2.24) is 15.1 Å². The van der Waals surface area contributed by atoms with Crippen LogP contribution in [0.4, 0.5) is 11.4 Å². The van der Waals surface area contributed by atoms with Gasteiger partial charge in [-0.15, -0.1) is 0 Å². The van der Waals surface area contributed by atoms with E-state index in [1.54, 1.807) is 13.2 Å². The van der Waals surface area contributed by atoms with Crippen LogP contribution in [0.25, 0.3) is 0 Å². The van der Waals surface area contributed by atoms with Gasteiger partial charge in [0.2, 0.25) is 5.91 Å². The molecule has 2 amide bonds. The Labute approximate surface area is 152 Å². The number of nitrogens with zero attached hydrogens (tertiary/aromatic N) is 3. The third kappa shape index (κ3) is 4.20. The first-order chi connectivity index (χ1) is 12.6. The number of rotatable bonds is 5. The van der Waals surface area contributed by atoms with Gasteiger partial charge in [0.25, 0.3) is 5.91 Å². The van der Waals surface area contributed by atoms with Gasteiger partial charge in [0, 0.05) is 37.6 Å². The summed E-state index contributed by atoms with van der Waals surface area (Å²) in [5.41, 5.74) is 3.31. The zero-order valence-electron chi connectivity index (χ0n) is 15.0. The summed E-state index contributed by atoms with van der Waals surface area (Å²) in [4.78, 5) is 26.1. The molecule has 0 saturated carbocycles. The number of aromatic nitrogens is 2. The lowest BCUT2D eigenvalue weighted by Crippen LogP contribution is -2.36. The van der Waals surface area contributed by atoms with Gasteiger partial charge >= 0.3 is 0 Å². The number of aryl methyl sites for hydroxylation is 1. The monoisotopic (exact) mass is 357 g/mol. The first kappa shape index (κ1) is 17.9. The summed E-state index contributed by atoms with van der Waals surface area (Å²) in [6, 6.07) is 5.68. The van der Waals surface area contributed by atoms with E-state index in [1.165, 1.54) is 10.9 Å². The predicted octanol–water partition coefficient (Wildman–Crippen LogP) is 1.03. The van der Waals surface area contributed by atoms with Gasteiger partial charge in [0.1, 0.15) is 6.54 Å². The zero-order chi connectivity index (χ0) is 18.5. The molecule has 0 unspecified atom stereocenters. The Morgan fingerprint density at radius 3 is 2.73 bits per heavy atom.